The van der Waals surface area contributed by atoms with Crippen LogP contribution < -0.4 is 5.32 Å². The Morgan fingerprint density at radius 2 is 2.19 bits per heavy atom. The van der Waals surface area contributed by atoms with E-state index in [4.69, 9.17) is 0 Å². The first-order valence-electron chi connectivity index (χ1n) is 6.76. The van der Waals surface area contributed by atoms with Crippen molar-refractivity contribution in [3.63, 3.8) is 0 Å². The van der Waals surface area contributed by atoms with E-state index in [0.29, 0.717) is 6.54 Å². The van der Waals surface area contributed by atoms with Gasteiger partial charge in [0.15, 0.2) is 0 Å². The van der Waals surface area contributed by atoms with Gasteiger partial charge >= 0.3 is 6.03 Å². The standard InChI is InChI=1S/C16H19N3O2/c1-12(14-6-3-7-15(20)9-14)19(2)16(21)18-11-13-5-4-8-17-10-13/h3-10,12,20H,11H2,1-2H3,(H,18,21)/t12-/m1/s1. The van der Waals surface area contributed by atoms with Gasteiger partial charge in [-0.3, -0.25) is 4.98 Å². The normalized spacial score (nSPS) is 11.7. The van der Waals surface area contributed by atoms with Gasteiger partial charge in [0.25, 0.3) is 0 Å². The maximum Gasteiger partial charge on any atom is 0.317 e. The molecule has 0 aliphatic rings. The zero-order chi connectivity index (χ0) is 15.2. The fourth-order valence-corrected chi connectivity index (χ4v) is 1.99. The van der Waals surface area contributed by atoms with Crippen LogP contribution in [0.2, 0.25) is 0 Å². The van der Waals surface area contributed by atoms with Gasteiger partial charge in [0.1, 0.15) is 5.75 Å². The summed E-state index contributed by atoms with van der Waals surface area (Å²) in [6.07, 6.45) is 3.42. The van der Waals surface area contributed by atoms with Gasteiger partial charge in [0, 0.05) is 26.0 Å². The molecule has 0 spiro atoms. The van der Waals surface area contributed by atoms with Crippen molar-refractivity contribution in [2.24, 2.45) is 0 Å². The van der Waals surface area contributed by atoms with E-state index in [-0.39, 0.29) is 17.8 Å². The van der Waals surface area contributed by atoms with Crippen molar-refractivity contribution in [2.45, 2.75) is 19.5 Å². The zero-order valence-electron chi connectivity index (χ0n) is 12.2. The Labute approximate surface area is 124 Å². The molecule has 21 heavy (non-hydrogen) atoms. The predicted octanol–water partition coefficient (Wildman–Crippen LogP) is 2.69. The summed E-state index contributed by atoms with van der Waals surface area (Å²) in [5, 5.41) is 12.4. The molecular formula is C16H19N3O2. The summed E-state index contributed by atoms with van der Waals surface area (Å²) >= 11 is 0. The molecule has 1 atom stereocenters. The number of amides is 2. The Balaban J connectivity index is 1.95. The second kappa shape index (κ2) is 6.74. The molecule has 0 unspecified atom stereocenters. The van der Waals surface area contributed by atoms with Gasteiger partial charge in [-0.05, 0) is 36.2 Å². The zero-order valence-corrected chi connectivity index (χ0v) is 12.2. The topological polar surface area (TPSA) is 65.5 Å². The van der Waals surface area contributed by atoms with Crippen molar-refractivity contribution < 1.29 is 9.90 Å². The number of phenolic OH excluding ortho intramolecular Hbond substituents is 1. The van der Waals surface area contributed by atoms with Crippen LogP contribution in [0.1, 0.15) is 24.1 Å². The molecule has 5 heteroatoms. The summed E-state index contributed by atoms with van der Waals surface area (Å²) in [6, 6.07) is 10.4. The van der Waals surface area contributed by atoms with Crippen LogP contribution in [0.5, 0.6) is 5.75 Å². The number of aromatic nitrogens is 1. The maximum atomic E-state index is 12.1. The Hall–Kier alpha value is -2.56. The van der Waals surface area contributed by atoms with Crippen LogP contribution in [0.4, 0.5) is 4.79 Å². The summed E-state index contributed by atoms with van der Waals surface area (Å²) < 4.78 is 0. The van der Waals surface area contributed by atoms with Crippen molar-refractivity contribution in [3.05, 3.63) is 59.9 Å². The monoisotopic (exact) mass is 285 g/mol. The summed E-state index contributed by atoms with van der Waals surface area (Å²) in [5.74, 6) is 0.198. The Kier molecular flexibility index (Phi) is 4.77. The van der Waals surface area contributed by atoms with Crippen molar-refractivity contribution in [1.29, 1.82) is 0 Å². The minimum atomic E-state index is -0.172. The number of carbonyl (C=O) groups is 1. The molecule has 2 amide bonds. The first-order valence-corrected chi connectivity index (χ1v) is 6.76. The molecule has 0 radical (unpaired) electrons. The largest absolute Gasteiger partial charge is 0.508 e. The molecule has 0 saturated carbocycles. The highest BCUT2D eigenvalue weighted by atomic mass is 16.3. The van der Waals surface area contributed by atoms with Crippen LogP contribution in [0, 0.1) is 0 Å². The highest BCUT2D eigenvalue weighted by Gasteiger charge is 2.17. The molecule has 1 heterocycles. The third-order valence-corrected chi connectivity index (χ3v) is 3.42. The number of aromatic hydroxyl groups is 1. The van der Waals surface area contributed by atoms with Crippen molar-refractivity contribution in [2.75, 3.05) is 7.05 Å². The molecule has 0 aliphatic heterocycles. The number of benzene rings is 1. The lowest BCUT2D eigenvalue weighted by atomic mass is 10.1. The minimum Gasteiger partial charge on any atom is -0.508 e. The Morgan fingerprint density at radius 3 is 2.86 bits per heavy atom. The molecule has 0 fully saturated rings. The number of hydrogen-bond acceptors (Lipinski definition) is 3. The van der Waals surface area contributed by atoms with Crippen LogP contribution in [0.25, 0.3) is 0 Å². The molecule has 0 aliphatic carbocycles. The molecule has 5 nitrogen and oxygen atoms in total. The molecule has 0 saturated heterocycles. The number of nitrogens with zero attached hydrogens (tertiary/aromatic N) is 2. The van der Waals surface area contributed by atoms with Crippen molar-refractivity contribution in [3.8, 4) is 5.75 Å². The molecule has 1 aromatic carbocycles. The minimum absolute atomic E-state index is 0.133. The number of rotatable bonds is 4. The fourth-order valence-electron chi connectivity index (χ4n) is 1.99. The van der Waals surface area contributed by atoms with Gasteiger partial charge in [-0.1, -0.05) is 18.2 Å². The lowest BCUT2D eigenvalue weighted by molar-refractivity contribution is 0.194. The van der Waals surface area contributed by atoms with Crippen LogP contribution in [-0.4, -0.2) is 28.1 Å². The molecule has 2 aromatic rings. The summed E-state index contributed by atoms with van der Waals surface area (Å²) in [7, 11) is 1.73. The number of nitrogens with one attached hydrogen (secondary N) is 1. The molecular weight excluding hydrogens is 266 g/mol. The quantitative estimate of drug-likeness (QED) is 0.907. The van der Waals surface area contributed by atoms with Crippen LogP contribution in [0.15, 0.2) is 48.8 Å². The average Bonchev–Trinajstić information content (AvgIpc) is 2.52. The van der Waals surface area contributed by atoms with E-state index in [1.165, 1.54) is 0 Å². The van der Waals surface area contributed by atoms with Crippen LogP contribution in [-0.2, 0) is 6.54 Å². The van der Waals surface area contributed by atoms with E-state index in [2.05, 4.69) is 10.3 Å². The van der Waals surface area contributed by atoms with E-state index in [9.17, 15) is 9.90 Å². The average molecular weight is 285 g/mol. The lowest BCUT2D eigenvalue weighted by Crippen LogP contribution is -2.38. The number of carbonyl (C=O) groups excluding carboxylic acids is 1. The second-order valence-electron chi connectivity index (χ2n) is 4.90. The van der Waals surface area contributed by atoms with Gasteiger partial charge < -0.3 is 15.3 Å². The third kappa shape index (κ3) is 3.95. The fraction of sp³-hybridized carbons (Fsp3) is 0.250. The lowest BCUT2D eigenvalue weighted by Gasteiger charge is -2.25. The summed E-state index contributed by atoms with van der Waals surface area (Å²) in [4.78, 5) is 17.8. The molecule has 2 N–H and O–H groups in total. The highest BCUT2D eigenvalue weighted by Crippen LogP contribution is 2.22. The van der Waals surface area contributed by atoms with E-state index in [1.54, 1.807) is 42.5 Å². The highest BCUT2D eigenvalue weighted by molar-refractivity contribution is 5.74. The Morgan fingerprint density at radius 1 is 1.38 bits per heavy atom. The smallest absolute Gasteiger partial charge is 0.317 e. The van der Waals surface area contributed by atoms with Crippen LogP contribution in [0.3, 0.4) is 0 Å². The van der Waals surface area contributed by atoms with Gasteiger partial charge in [0.05, 0.1) is 6.04 Å². The Bertz CT molecular complexity index is 601. The number of phenols is 1. The second-order valence-corrected chi connectivity index (χ2v) is 4.90. The van der Waals surface area contributed by atoms with E-state index in [0.717, 1.165) is 11.1 Å². The van der Waals surface area contributed by atoms with Gasteiger partial charge in [-0.2, -0.15) is 0 Å². The first kappa shape index (κ1) is 14.8. The predicted molar refractivity (Wildman–Crippen MR) is 80.8 cm³/mol. The van der Waals surface area contributed by atoms with Crippen molar-refractivity contribution >= 4 is 6.03 Å². The van der Waals surface area contributed by atoms with E-state index in [1.807, 2.05) is 25.1 Å². The number of pyridine rings is 1. The van der Waals surface area contributed by atoms with E-state index < -0.39 is 0 Å². The molecule has 1 aromatic heterocycles. The molecule has 2 rings (SSSR count). The first-order chi connectivity index (χ1) is 10.1. The van der Waals surface area contributed by atoms with Crippen molar-refractivity contribution in [1.82, 2.24) is 15.2 Å². The number of hydrogen-bond donors (Lipinski definition) is 2. The number of urea groups is 1. The summed E-state index contributed by atoms with van der Waals surface area (Å²) in [6.45, 7) is 2.35. The molecule has 110 valence electrons. The summed E-state index contributed by atoms with van der Waals surface area (Å²) in [5.41, 5.74) is 1.83. The van der Waals surface area contributed by atoms with Gasteiger partial charge in [0.2, 0.25) is 0 Å². The third-order valence-electron chi connectivity index (χ3n) is 3.42. The van der Waals surface area contributed by atoms with Gasteiger partial charge in [-0.25, -0.2) is 4.79 Å². The van der Waals surface area contributed by atoms with Crippen LogP contribution >= 0.6 is 0 Å². The van der Waals surface area contributed by atoms with Gasteiger partial charge in [-0.15, -0.1) is 0 Å². The SMILES string of the molecule is C[C@H](c1cccc(O)c1)N(C)C(=O)NCc1cccnc1. The molecule has 0 bridgehead atoms. The maximum absolute atomic E-state index is 12.1. The van der Waals surface area contributed by atoms with E-state index >= 15 is 0 Å².